The molecule has 2 heterocycles. The average Bonchev–Trinajstić information content (AvgIpc) is 3.07. The summed E-state index contributed by atoms with van der Waals surface area (Å²) in [5.41, 5.74) is 2.58. The molecule has 0 saturated heterocycles. The van der Waals surface area contributed by atoms with Crippen molar-refractivity contribution in [3.8, 4) is 5.75 Å². The minimum absolute atomic E-state index is 0.127. The van der Waals surface area contributed by atoms with E-state index in [9.17, 15) is 4.79 Å². The number of aromatic nitrogens is 1. The van der Waals surface area contributed by atoms with Crippen molar-refractivity contribution in [2.24, 2.45) is 0 Å². The molecule has 3 aromatic rings. The highest BCUT2D eigenvalue weighted by Gasteiger charge is 2.17. The van der Waals surface area contributed by atoms with Crippen LogP contribution < -0.4 is 4.74 Å². The van der Waals surface area contributed by atoms with E-state index in [1.165, 1.54) is 0 Å². The lowest BCUT2D eigenvalue weighted by atomic mass is 10.1. The van der Waals surface area contributed by atoms with Gasteiger partial charge in [-0.3, -0.25) is 4.79 Å². The predicted octanol–water partition coefficient (Wildman–Crippen LogP) is 4.49. The Labute approximate surface area is 159 Å². The van der Waals surface area contributed by atoms with Crippen LogP contribution >= 0.6 is 22.9 Å². The Morgan fingerprint density at radius 3 is 3.08 bits per heavy atom. The molecule has 0 radical (unpaired) electrons. The summed E-state index contributed by atoms with van der Waals surface area (Å²) in [6.45, 7) is 0.753. The lowest BCUT2D eigenvalue weighted by molar-refractivity contribution is -0.145. The summed E-state index contributed by atoms with van der Waals surface area (Å²) in [4.78, 5) is 16.6. The maximum atomic E-state index is 12.1. The lowest BCUT2D eigenvalue weighted by Crippen LogP contribution is -2.14. The zero-order valence-electron chi connectivity index (χ0n) is 13.9. The van der Waals surface area contributed by atoms with Crippen LogP contribution in [0.1, 0.15) is 22.6 Å². The van der Waals surface area contributed by atoms with Crippen LogP contribution in [-0.4, -0.2) is 17.7 Å². The third-order valence-electron chi connectivity index (χ3n) is 4.02. The summed E-state index contributed by atoms with van der Waals surface area (Å²) >= 11 is 7.72. The molecule has 0 aliphatic carbocycles. The fourth-order valence-electron chi connectivity index (χ4n) is 2.83. The molecule has 0 bridgehead atoms. The third kappa shape index (κ3) is 3.82. The van der Waals surface area contributed by atoms with E-state index in [0.717, 1.165) is 26.4 Å². The number of halogens is 1. The van der Waals surface area contributed by atoms with Gasteiger partial charge in [0.05, 0.1) is 28.3 Å². The van der Waals surface area contributed by atoms with Gasteiger partial charge in [0, 0.05) is 22.6 Å². The van der Waals surface area contributed by atoms with Gasteiger partial charge < -0.3 is 14.2 Å². The summed E-state index contributed by atoms with van der Waals surface area (Å²) in [5.74, 6) is 0.421. The summed E-state index contributed by atoms with van der Waals surface area (Å²) < 4.78 is 17.3. The number of esters is 1. The van der Waals surface area contributed by atoms with Crippen LogP contribution in [0.3, 0.4) is 0 Å². The number of carbonyl (C=O) groups excluding carboxylic acids is 1. The molecule has 134 valence electrons. The van der Waals surface area contributed by atoms with Gasteiger partial charge in [-0.05, 0) is 24.3 Å². The number of benzene rings is 2. The molecule has 0 atom stereocenters. The molecule has 1 aromatic heterocycles. The molecular formula is C19H16ClNO4S. The van der Waals surface area contributed by atoms with E-state index < -0.39 is 0 Å². The minimum Gasteiger partial charge on any atom is -0.467 e. The molecule has 1 aliphatic rings. The normalized spacial score (nSPS) is 13.3. The maximum Gasteiger partial charge on any atom is 0.306 e. The largest absolute Gasteiger partial charge is 0.467 e. The molecule has 26 heavy (non-hydrogen) atoms. The molecule has 0 unspecified atom stereocenters. The number of hydrogen-bond donors (Lipinski definition) is 0. The van der Waals surface area contributed by atoms with Crippen LogP contribution in [0.2, 0.25) is 5.02 Å². The van der Waals surface area contributed by atoms with E-state index in [0.29, 0.717) is 23.8 Å². The number of rotatable bonds is 5. The van der Waals surface area contributed by atoms with Crippen LogP contribution in [0.5, 0.6) is 5.75 Å². The Balaban J connectivity index is 1.36. The first-order chi connectivity index (χ1) is 12.7. The van der Waals surface area contributed by atoms with E-state index in [2.05, 4.69) is 4.98 Å². The van der Waals surface area contributed by atoms with Gasteiger partial charge in [-0.15, -0.1) is 11.3 Å². The summed E-state index contributed by atoms with van der Waals surface area (Å²) in [5, 5.41) is 1.50. The Morgan fingerprint density at radius 1 is 1.31 bits per heavy atom. The average molecular weight is 390 g/mol. The molecule has 1 aliphatic heterocycles. The van der Waals surface area contributed by atoms with Gasteiger partial charge in [0.15, 0.2) is 6.79 Å². The van der Waals surface area contributed by atoms with Crippen LogP contribution in [0, 0.1) is 0 Å². The second kappa shape index (κ2) is 7.61. The first-order valence-corrected chi connectivity index (χ1v) is 9.40. The van der Waals surface area contributed by atoms with Gasteiger partial charge in [-0.2, -0.15) is 0 Å². The predicted molar refractivity (Wildman–Crippen MR) is 99.5 cm³/mol. The molecule has 0 fully saturated rings. The number of fused-ring (bicyclic) bond motifs is 2. The van der Waals surface area contributed by atoms with Crippen molar-refractivity contribution in [3.63, 3.8) is 0 Å². The van der Waals surface area contributed by atoms with Crippen molar-refractivity contribution in [3.05, 3.63) is 57.6 Å². The summed E-state index contributed by atoms with van der Waals surface area (Å²) in [6.07, 6.45) is 0.850. The Morgan fingerprint density at radius 2 is 2.19 bits per heavy atom. The highest BCUT2D eigenvalue weighted by molar-refractivity contribution is 7.18. The summed E-state index contributed by atoms with van der Waals surface area (Å²) in [6, 6.07) is 11.5. The number of thiazole rings is 1. The van der Waals surface area contributed by atoms with Gasteiger partial charge in [0.1, 0.15) is 12.4 Å². The molecule has 7 heteroatoms. The fourth-order valence-corrected chi connectivity index (χ4v) is 4.06. The molecule has 0 N–H and O–H groups in total. The van der Waals surface area contributed by atoms with E-state index in [1.54, 1.807) is 23.5 Å². The Kier molecular flexibility index (Phi) is 5.06. The maximum absolute atomic E-state index is 12.1. The zero-order chi connectivity index (χ0) is 17.9. The first-order valence-electron chi connectivity index (χ1n) is 8.21. The molecular weight excluding hydrogens is 374 g/mol. The monoisotopic (exact) mass is 389 g/mol. The van der Waals surface area contributed by atoms with Gasteiger partial charge in [-0.25, -0.2) is 4.98 Å². The quantitative estimate of drug-likeness (QED) is 0.601. The molecule has 0 spiro atoms. The van der Waals surface area contributed by atoms with E-state index >= 15 is 0 Å². The highest BCUT2D eigenvalue weighted by Crippen LogP contribution is 2.32. The minimum atomic E-state index is -0.273. The van der Waals surface area contributed by atoms with E-state index in [-0.39, 0.29) is 25.8 Å². The van der Waals surface area contributed by atoms with Crippen molar-refractivity contribution in [2.75, 3.05) is 6.79 Å². The Hall–Kier alpha value is -2.15. The zero-order valence-corrected chi connectivity index (χ0v) is 15.4. The van der Waals surface area contributed by atoms with Crippen LogP contribution in [0.15, 0.2) is 36.4 Å². The van der Waals surface area contributed by atoms with E-state index in [1.807, 2.05) is 24.3 Å². The van der Waals surface area contributed by atoms with Gasteiger partial charge in [-0.1, -0.05) is 23.7 Å². The highest BCUT2D eigenvalue weighted by atomic mass is 35.5. The lowest BCUT2D eigenvalue weighted by Gasteiger charge is -2.21. The standard InChI is InChI=1S/C19H16ClNO4S/c20-14-7-12-9-23-11-25-19(12)13(8-14)10-24-18(22)6-5-17-21-15-3-1-2-4-16(15)26-17/h1-4,7-8H,5-6,9-11H2. The second-order valence-corrected chi connectivity index (χ2v) is 7.45. The van der Waals surface area contributed by atoms with Gasteiger partial charge >= 0.3 is 5.97 Å². The van der Waals surface area contributed by atoms with Crippen LogP contribution in [0.4, 0.5) is 0 Å². The molecule has 0 saturated carbocycles. The van der Waals surface area contributed by atoms with Gasteiger partial charge in [0.25, 0.3) is 0 Å². The smallest absolute Gasteiger partial charge is 0.306 e. The molecule has 5 nitrogen and oxygen atoms in total. The molecule has 2 aromatic carbocycles. The van der Waals surface area contributed by atoms with E-state index in [4.69, 9.17) is 25.8 Å². The third-order valence-corrected chi connectivity index (χ3v) is 5.34. The number of carbonyl (C=O) groups is 1. The van der Waals surface area contributed by atoms with Crippen molar-refractivity contribution in [1.29, 1.82) is 0 Å². The van der Waals surface area contributed by atoms with Crippen molar-refractivity contribution >= 4 is 39.1 Å². The topological polar surface area (TPSA) is 57.7 Å². The number of para-hydroxylation sites is 1. The number of nitrogens with zero attached hydrogens (tertiary/aromatic N) is 1. The SMILES string of the molecule is O=C(CCc1nc2ccccc2s1)OCc1cc(Cl)cc2c1OCOC2. The van der Waals surface area contributed by atoms with Crippen molar-refractivity contribution < 1.29 is 19.0 Å². The number of ether oxygens (including phenoxy) is 3. The molecule has 4 rings (SSSR count). The van der Waals surface area contributed by atoms with Crippen molar-refractivity contribution in [1.82, 2.24) is 4.98 Å². The first kappa shape index (κ1) is 17.3. The number of hydrogen-bond acceptors (Lipinski definition) is 6. The Bertz CT molecular complexity index is 923. The van der Waals surface area contributed by atoms with Gasteiger partial charge in [0.2, 0.25) is 0 Å². The van der Waals surface area contributed by atoms with Crippen LogP contribution in [-0.2, 0) is 33.9 Å². The number of aryl methyl sites for hydroxylation is 1. The second-order valence-electron chi connectivity index (χ2n) is 5.90. The molecule has 0 amide bonds. The fraction of sp³-hybridized carbons (Fsp3) is 0.263. The van der Waals surface area contributed by atoms with Crippen molar-refractivity contribution in [2.45, 2.75) is 26.1 Å². The van der Waals surface area contributed by atoms with Crippen LogP contribution in [0.25, 0.3) is 10.2 Å². The summed E-state index contributed by atoms with van der Waals surface area (Å²) in [7, 11) is 0.